The van der Waals surface area contributed by atoms with E-state index in [0.717, 1.165) is 29.6 Å². The Kier molecular flexibility index (Phi) is 5.34. The summed E-state index contributed by atoms with van der Waals surface area (Å²) in [5, 5.41) is 0. The summed E-state index contributed by atoms with van der Waals surface area (Å²) in [5.74, 6) is 4.16. The quantitative estimate of drug-likeness (QED) is 0.846. The zero-order valence-corrected chi connectivity index (χ0v) is 15.0. The maximum atomic E-state index is 12.7. The maximum Gasteiger partial charge on any atom is 0.236 e. The molecule has 6 heteroatoms. The molecule has 3 unspecified atom stereocenters. The Labute approximate surface area is 142 Å². The predicted molar refractivity (Wildman–Crippen MR) is 91.7 cm³/mol. The third-order valence-corrected chi connectivity index (χ3v) is 5.46. The van der Waals surface area contributed by atoms with Crippen LogP contribution in [-0.4, -0.2) is 65.6 Å². The number of ether oxygens (including phenoxy) is 1. The summed E-state index contributed by atoms with van der Waals surface area (Å²) in [6.07, 6.45) is 0.228. The summed E-state index contributed by atoms with van der Waals surface area (Å²) in [4.78, 5) is 16.9. The minimum Gasteiger partial charge on any atom is -0.465 e. The molecular weight excluding hydrogens is 312 g/mol. The van der Waals surface area contributed by atoms with E-state index in [1.165, 1.54) is 0 Å². The number of amides is 1. The van der Waals surface area contributed by atoms with Crippen LogP contribution in [-0.2, 0) is 9.53 Å². The molecule has 23 heavy (non-hydrogen) atoms. The Morgan fingerprint density at radius 2 is 2.04 bits per heavy atom. The van der Waals surface area contributed by atoms with Crippen LogP contribution in [0.15, 0.2) is 16.5 Å². The molecule has 5 nitrogen and oxygen atoms in total. The summed E-state index contributed by atoms with van der Waals surface area (Å²) in [5.41, 5.74) is 0. The molecule has 0 bridgehead atoms. The van der Waals surface area contributed by atoms with Crippen molar-refractivity contribution in [2.75, 3.05) is 37.7 Å². The van der Waals surface area contributed by atoms with Crippen LogP contribution >= 0.6 is 11.8 Å². The van der Waals surface area contributed by atoms with Gasteiger partial charge in [-0.25, -0.2) is 0 Å². The van der Waals surface area contributed by atoms with Crippen LogP contribution in [0.3, 0.4) is 0 Å². The molecule has 1 aromatic heterocycles. The number of hydrogen-bond acceptors (Lipinski definition) is 5. The van der Waals surface area contributed by atoms with Gasteiger partial charge in [-0.1, -0.05) is 0 Å². The molecule has 3 atom stereocenters. The van der Waals surface area contributed by atoms with E-state index in [-0.39, 0.29) is 24.2 Å². The average Bonchev–Trinajstić information content (AvgIpc) is 2.93. The molecule has 2 fully saturated rings. The van der Waals surface area contributed by atoms with Gasteiger partial charge in [0.25, 0.3) is 0 Å². The topological polar surface area (TPSA) is 45.9 Å². The van der Waals surface area contributed by atoms with Gasteiger partial charge >= 0.3 is 0 Å². The zero-order valence-electron chi connectivity index (χ0n) is 14.2. The highest BCUT2D eigenvalue weighted by Gasteiger charge is 2.31. The van der Waals surface area contributed by atoms with Crippen LogP contribution in [0.5, 0.6) is 0 Å². The smallest absolute Gasteiger partial charge is 0.236 e. The van der Waals surface area contributed by atoms with Crippen LogP contribution in [0.2, 0.25) is 0 Å². The van der Waals surface area contributed by atoms with Gasteiger partial charge in [0, 0.05) is 31.1 Å². The monoisotopic (exact) mass is 338 g/mol. The van der Waals surface area contributed by atoms with Crippen LogP contribution in [0.4, 0.5) is 0 Å². The first-order valence-corrected chi connectivity index (χ1v) is 9.49. The van der Waals surface area contributed by atoms with E-state index in [9.17, 15) is 4.79 Å². The highest BCUT2D eigenvalue weighted by Crippen LogP contribution is 2.30. The summed E-state index contributed by atoms with van der Waals surface area (Å²) < 4.78 is 11.5. The van der Waals surface area contributed by atoms with Crippen molar-refractivity contribution in [1.29, 1.82) is 0 Å². The molecule has 0 N–H and O–H groups in total. The van der Waals surface area contributed by atoms with E-state index in [1.807, 2.05) is 49.6 Å². The number of hydrogen-bond donors (Lipinski definition) is 0. The fourth-order valence-electron chi connectivity index (χ4n) is 3.38. The van der Waals surface area contributed by atoms with E-state index in [2.05, 4.69) is 4.90 Å². The van der Waals surface area contributed by atoms with Crippen molar-refractivity contribution in [2.45, 2.75) is 39.0 Å². The van der Waals surface area contributed by atoms with Gasteiger partial charge in [-0.15, -0.1) is 0 Å². The van der Waals surface area contributed by atoms with Gasteiger partial charge in [0.1, 0.15) is 11.5 Å². The number of nitrogens with zero attached hydrogens (tertiary/aromatic N) is 2. The number of furan rings is 1. The standard InChI is InChI=1S/C17H26N2O3S/c1-12-4-5-16(22-12)15-11-23-7-6-18(15)10-17(20)19-8-13(2)21-14(3)9-19/h4-5,13-15H,6-11H2,1-3H3. The van der Waals surface area contributed by atoms with Crippen molar-refractivity contribution >= 4 is 17.7 Å². The zero-order chi connectivity index (χ0) is 16.4. The lowest BCUT2D eigenvalue weighted by Crippen LogP contribution is -2.52. The Hall–Kier alpha value is -0.980. The summed E-state index contributed by atoms with van der Waals surface area (Å²) >= 11 is 1.93. The van der Waals surface area contributed by atoms with Gasteiger partial charge < -0.3 is 14.1 Å². The fourth-order valence-corrected chi connectivity index (χ4v) is 4.51. The minimum absolute atomic E-state index is 0.114. The van der Waals surface area contributed by atoms with Crippen molar-refractivity contribution in [2.24, 2.45) is 0 Å². The Balaban J connectivity index is 1.65. The Bertz CT molecular complexity index is 538. The second kappa shape index (κ2) is 7.28. The van der Waals surface area contributed by atoms with Gasteiger partial charge in [0.2, 0.25) is 5.91 Å². The van der Waals surface area contributed by atoms with E-state index < -0.39 is 0 Å². The number of thioether (sulfide) groups is 1. The van der Waals surface area contributed by atoms with Crippen molar-refractivity contribution < 1.29 is 13.9 Å². The summed E-state index contributed by atoms with van der Waals surface area (Å²) in [6, 6.07) is 4.24. The SMILES string of the molecule is Cc1ccc(C2CSCCN2CC(=O)N2CC(C)OC(C)C2)o1. The van der Waals surface area contributed by atoms with Crippen molar-refractivity contribution in [3.63, 3.8) is 0 Å². The highest BCUT2D eigenvalue weighted by molar-refractivity contribution is 7.99. The number of rotatable bonds is 3. The lowest BCUT2D eigenvalue weighted by atomic mass is 10.2. The number of morpholine rings is 1. The van der Waals surface area contributed by atoms with Crippen LogP contribution in [0.1, 0.15) is 31.4 Å². The van der Waals surface area contributed by atoms with Gasteiger partial charge in [0.05, 0.1) is 24.8 Å². The van der Waals surface area contributed by atoms with Gasteiger partial charge in [0.15, 0.2) is 0 Å². The molecule has 0 saturated carbocycles. The van der Waals surface area contributed by atoms with E-state index in [4.69, 9.17) is 9.15 Å². The Morgan fingerprint density at radius 3 is 2.70 bits per heavy atom. The summed E-state index contributed by atoms with van der Waals surface area (Å²) in [6.45, 7) is 8.79. The molecule has 0 radical (unpaired) electrons. The van der Waals surface area contributed by atoms with Crippen molar-refractivity contribution in [3.05, 3.63) is 23.7 Å². The molecule has 1 amide bonds. The van der Waals surface area contributed by atoms with Gasteiger partial charge in [-0.3, -0.25) is 9.69 Å². The number of carbonyl (C=O) groups is 1. The third-order valence-electron chi connectivity index (χ3n) is 4.44. The van der Waals surface area contributed by atoms with Crippen LogP contribution < -0.4 is 0 Å². The lowest BCUT2D eigenvalue weighted by Gasteiger charge is -2.38. The van der Waals surface area contributed by atoms with E-state index >= 15 is 0 Å². The predicted octanol–water partition coefficient (Wildman–Crippen LogP) is 2.31. The maximum absolute atomic E-state index is 12.7. The molecule has 128 valence electrons. The summed E-state index contributed by atoms with van der Waals surface area (Å²) in [7, 11) is 0. The van der Waals surface area contributed by atoms with Crippen molar-refractivity contribution in [1.82, 2.24) is 9.80 Å². The molecule has 2 aliphatic heterocycles. The number of aryl methyl sites for hydroxylation is 1. The first kappa shape index (κ1) is 16.9. The second-order valence-electron chi connectivity index (χ2n) is 6.57. The normalized spacial score (nSPS) is 29.7. The average molecular weight is 338 g/mol. The lowest BCUT2D eigenvalue weighted by molar-refractivity contribution is -0.144. The largest absolute Gasteiger partial charge is 0.465 e. The van der Waals surface area contributed by atoms with Crippen molar-refractivity contribution in [3.8, 4) is 0 Å². The Morgan fingerprint density at radius 1 is 1.30 bits per heavy atom. The molecule has 2 aliphatic rings. The molecule has 0 aliphatic carbocycles. The van der Waals surface area contributed by atoms with Gasteiger partial charge in [-0.05, 0) is 32.9 Å². The van der Waals surface area contributed by atoms with E-state index in [0.29, 0.717) is 19.6 Å². The van der Waals surface area contributed by atoms with Gasteiger partial charge in [-0.2, -0.15) is 11.8 Å². The van der Waals surface area contributed by atoms with Crippen LogP contribution in [0.25, 0.3) is 0 Å². The molecule has 1 aromatic rings. The fraction of sp³-hybridized carbons (Fsp3) is 0.706. The highest BCUT2D eigenvalue weighted by atomic mass is 32.2. The first-order valence-electron chi connectivity index (χ1n) is 8.34. The number of carbonyl (C=O) groups excluding carboxylic acids is 1. The molecule has 3 rings (SSSR count). The molecule has 0 aromatic carbocycles. The van der Waals surface area contributed by atoms with E-state index in [1.54, 1.807) is 0 Å². The molecule has 3 heterocycles. The second-order valence-corrected chi connectivity index (χ2v) is 7.72. The minimum atomic E-state index is 0.114. The molecule has 0 spiro atoms. The molecule has 2 saturated heterocycles. The first-order chi connectivity index (χ1) is 11.0. The van der Waals surface area contributed by atoms with Crippen LogP contribution in [0, 0.1) is 6.92 Å². The molecular formula is C17H26N2O3S. The third kappa shape index (κ3) is 4.11.